The van der Waals surface area contributed by atoms with Crippen LogP contribution in [0.15, 0.2) is 53.8 Å². The van der Waals surface area contributed by atoms with Crippen molar-refractivity contribution in [2.24, 2.45) is 4.99 Å². The second kappa shape index (κ2) is 21.5. The summed E-state index contributed by atoms with van der Waals surface area (Å²) >= 11 is 0. The van der Waals surface area contributed by atoms with Gasteiger partial charge in [-0.3, -0.25) is 14.0 Å². The molecule has 1 aromatic carbocycles. The van der Waals surface area contributed by atoms with Gasteiger partial charge in [-0.1, -0.05) is 108 Å². The summed E-state index contributed by atoms with van der Waals surface area (Å²) in [6, 6.07) is 12.7. The molecule has 2 aromatic heterocycles. The number of benzene rings is 1. The van der Waals surface area contributed by atoms with E-state index in [1.807, 2.05) is 30.3 Å². The molecule has 3 heterocycles. The van der Waals surface area contributed by atoms with E-state index >= 15 is 0 Å². The van der Waals surface area contributed by atoms with Crippen molar-refractivity contribution in [3.63, 3.8) is 0 Å². The van der Waals surface area contributed by atoms with Crippen LogP contribution in [0.1, 0.15) is 108 Å². The quantitative estimate of drug-likeness (QED) is 0.0341. The average molecular weight is 742 g/mol. The van der Waals surface area contributed by atoms with E-state index in [0.717, 1.165) is 24.8 Å². The zero-order chi connectivity index (χ0) is 37.2. The van der Waals surface area contributed by atoms with Crippen molar-refractivity contribution in [3.8, 4) is 11.8 Å². The number of aromatic nitrogens is 3. The first-order valence-electron chi connectivity index (χ1n) is 18.5. The summed E-state index contributed by atoms with van der Waals surface area (Å²) in [6.45, 7) is 5.22. The summed E-state index contributed by atoms with van der Waals surface area (Å²) in [5.41, 5.74) is 5.66. The molecule has 1 aliphatic heterocycles. The molecule has 0 radical (unpaired) electrons. The maximum atomic E-state index is 13.0. The smallest absolute Gasteiger partial charge is 0.387 e. The molecular weight excluding hydrogens is 685 g/mol. The van der Waals surface area contributed by atoms with Crippen LogP contribution in [-0.4, -0.2) is 74.1 Å². The van der Waals surface area contributed by atoms with E-state index in [1.165, 1.54) is 75.1 Å². The average Bonchev–Trinajstić information content (AvgIpc) is 3.70. The van der Waals surface area contributed by atoms with E-state index in [9.17, 15) is 19.7 Å². The normalized spacial score (nSPS) is 21.8. The topological polar surface area (TPSA) is 183 Å². The van der Waals surface area contributed by atoms with E-state index in [4.69, 9.17) is 24.3 Å². The third kappa shape index (κ3) is 12.2. The Morgan fingerprint density at radius 3 is 2.35 bits per heavy atom. The van der Waals surface area contributed by atoms with Crippen LogP contribution in [0.4, 0.5) is 5.82 Å². The van der Waals surface area contributed by atoms with Gasteiger partial charge in [-0.05, 0) is 30.8 Å². The largest absolute Gasteiger partial charge is 0.472 e. The van der Waals surface area contributed by atoms with E-state index in [-0.39, 0.29) is 24.7 Å². The van der Waals surface area contributed by atoms with Crippen LogP contribution < -0.4 is 5.73 Å². The summed E-state index contributed by atoms with van der Waals surface area (Å²) in [5.74, 6) is 6.54. The highest BCUT2D eigenvalue weighted by atomic mass is 31.2. The number of aliphatic hydroxyl groups is 2. The number of aliphatic imine (C=N–C) groups is 1. The molecule has 286 valence electrons. The molecule has 1 aliphatic rings. The molecule has 3 aromatic rings. The van der Waals surface area contributed by atoms with Gasteiger partial charge < -0.3 is 30.3 Å². The molecule has 1 fully saturated rings. The summed E-state index contributed by atoms with van der Waals surface area (Å²) in [5, 5.41) is 26.0. The number of rotatable bonds is 24. The lowest BCUT2D eigenvalue weighted by Crippen LogP contribution is -2.40. The summed E-state index contributed by atoms with van der Waals surface area (Å²) in [7, 11) is -4.66. The molecule has 4 rings (SSSR count). The number of hydrogen-bond acceptors (Lipinski definition) is 11. The molecule has 0 bridgehead atoms. The fourth-order valence-electron chi connectivity index (χ4n) is 6.25. The van der Waals surface area contributed by atoms with E-state index in [2.05, 4.69) is 40.6 Å². The van der Waals surface area contributed by atoms with Gasteiger partial charge in [0.2, 0.25) is 5.72 Å². The zero-order valence-electron chi connectivity index (χ0n) is 30.4. The Labute approximate surface area is 307 Å². The number of fused-ring (bicyclic) bond motifs is 1. The summed E-state index contributed by atoms with van der Waals surface area (Å²) in [4.78, 5) is 18.5. The third-order valence-corrected chi connectivity index (χ3v) is 10.2. The van der Waals surface area contributed by atoms with Gasteiger partial charge in [-0.2, -0.15) is 5.10 Å². The van der Waals surface area contributed by atoms with Gasteiger partial charge >= 0.3 is 7.82 Å². The molecule has 5 N–H and O–H groups in total. The minimum absolute atomic E-state index is 0.184. The van der Waals surface area contributed by atoms with Crippen molar-refractivity contribution in [1.82, 2.24) is 14.6 Å². The summed E-state index contributed by atoms with van der Waals surface area (Å²) < 4.78 is 36.9. The van der Waals surface area contributed by atoms with Crippen molar-refractivity contribution < 1.29 is 38.2 Å². The van der Waals surface area contributed by atoms with E-state index in [0.29, 0.717) is 11.9 Å². The zero-order valence-corrected chi connectivity index (χ0v) is 31.2. The minimum Gasteiger partial charge on any atom is -0.387 e. The first-order valence-corrected chi connectivity index (χ1v) is 20.0. The molecule has 14 heteroatoms. The molecular formula is C38H56N5O8P. The number of aliphatic hydroxyl groups excluding tert-OH is 2. The van der Waals surface area contributed by atoms with Gasteiger partial charge in [-0.25, -0.2) is 14.1 Å². The van der Waals surface area contributed by atoms with Crippen LogP contribution in [0.25, 0.3) is 5.52 Å². The Hall–Kier alpha value is -3.18. The van der Waals surface area contributed by atoms with Gasteiger partial charge in [0.25, 0.3) is 0 Å². The van der Waals surface area contributed by atoms with Crippen LogP contribution in [0.2, 0.25) is 0 Å². The number of nitrogens with two attached hydrogens (primary N) is 1. The van der Waals surface area contributed by atoms with Gasteiger partial charge in [0.15, 0.2) is 5.82 Å². The number of phosphoric acid groups is 1. The Morgan fingerprint density at radius 2 is 1.67 bits per heavy atom. The molecule has 1 unspecified atom stereocenters. The number of nitrogen functional groups attached to an aromatic ring is 1. The van der Waals surface area contributed by atoms with Crippen LogP contribution in [-0.2, 0) is 35.4 Å². The number of anilines is 1. The van der Waals surface area contributed by atoms with Gasteiger partial charge in [0.1, 0.15) is 35.8 Å². The van der Waals surface area contributed by atoms with Crippen molar-refractivity contribution in [1.29, 1.82) is 0 Å². The fourth-order valence-corrected chi connectivity index (χ4v) is 7.02. The first-order chi connectivity index (χ1) is 25.2. The Kier molecular flexibility index (Phi) is 17.2. The SMILES string of the molecule is C=N[C@@]1(c2ccc3c(N)ncnn23)O[C@H](COP(=O)(O)OC[C@@H](CC#CCCCCCCCCCCCCCC)OCc2ccccc2)[C@@H](O)[C@H]1O. The molecule has 13 nitrogen and oxygen atoms in total. The van der Waals surface area contributed by atoms with Crippen molar-refractivity contribution >= 4 is 25.9 Å². The highest BCUT2D eigenvalue weighted by Gasteiger charge is 2.57. The Balaban J connectivity index is 1.23. The Morgan fingerprint density at radius 1 is 1.00 bits per heavy atom. The van der Waals surface area contributed by atoms with Crippen LogP contribution in [0, 0.1) is 11.8 Å². The monoisotopic (exact) mass is 741 g/mol. The van der Waals surface area contributed by atoms with Gasteiger partial charge in [0, 0.05) is 12.8 Å². The second-order valence-corrected chi connectivity index (χ2v) is 14.7. The number of hydrogen-bond donors (Lipinski definition) is 4. The standard InChI is InChI=1S/C38H56N5O8P/c1-3-4-5-6-7-8-9-10-11-12-13-14-15-16-20-23-31(48-26-30-21-18-17-19-22-30)27-49-52(46,47)50-28-33-35(44)36(45)38(40-2,51-33)34-25-24-32-37(39)41-29-42-43(32)34/h17-19,21-22,24-25,29,31,33,35-36,44-45H,2-15,23,26-28H2,1H3,(H,46,47)(H2,39,41,42)/t31-,33-,35-,36-,38+/m1/s1. The third-order valence-electron chi connectivity index (χ3n) is 9.28. The lowest BCUT2D eigenvalue weighted by atomic mass is 10.0. The maximum Gasteiger partial charge on any atom is 0.472 e. The van der Waals surface area contributed by atoms with Crippen molar-refractivity contribution in [2.75, 3.05) is 18.9 Å². The highest BCUT2D eigenvalue weighted by Crippen LogP contribution is 2.47. The van der Waals surface area contributed by atoms with E-state index in [1.54, 1.807) is 12.1 Å². The molecule has 0 saturated carbocycles. The van der Waals surface area contributed by atoms with Crippen molar-refractivity contribution in [3.05, 3.63) is 60.0 Å². The second-order valence-electron chi connectivity index (χ2n) is 13.3. The molecule has 0 amide bonds. The van der Waals surface area contributed by atoms with Crippen molar-refractivity contribution in [2.45, 2.75) is 134 Å². The highest BCUT2D eigenvalue weighted by molar-refractivity contribution is 7.47. The molecule has 1 saturated heterocycles. The predicted molar refractivity (Wildman–Crippen MR) is 200 cm³/mol. The molecule has 0 spiro atoms. The van der Waals surface area contributed by atoms with Gasteiger partial charge in [-0.15, -0.1) is 11.8 Å². The minimum atomic E-state index is -4.66. The first kappa shape index (κ1) is 41.6. The van der Waals surface area contributed by atoms with Crippen LogP contribution >= 0.6 is 7.82 Å². The number of phosphoric ester groups is 1. The molecule has 6 atom stereocenters. The lowest BCUT2D eigenvalue weighted by Gasteiger charge is -2.27. The van der Waals surface area contributed by atoms with Crippen LogP contribution in [0.5, 0.6) is 0 Å². The fraction of sp³-hybridized carbons (Fsp3) is 0.605. The predicted octanol–water partition coefficient (Wildman–Crippen LogP) is 6.49. The lowest BCUT2D eigenvalue weighted by molar-refractivity contribution is -0.0951. The molecule has 0 aliphatic carbocycles. The van der Waals surface area contributed by atoms with Crippen LogP contribution in [0.3, 0.4) is 0 Å². The Bertz CT molecular complexity index is 1610. The number of ether oxygens (including phenoxy) is 2. The van der Waals surface area contributed by atoms with Gasteiger partial charge in [0.05, 0.1) is 25.9 Å². The summed E-state index contributed by atoms with van der Waals surface area (Å²) in [6.07, 6.45) is 12.7. The maximum absolute atomic E-state index is 13.0. The molecule has 52 heavy (non-hydrogen) atoms. The number of nitrogens with zero attached hydrogens (tertiary/aromatic N) is 4. The number of unbranched alkanes of at least 4 members (excludes halogenated alkanes) is 12. The van der Waals surface area contributed by atoms with E-state index < -0.39 is 44.6 Å².